The molecule has 0 radical (unpaired) electrons. The van der Waals surface area contributed by atoms with Gasteiger partial charge in [0.05, 0.1) is 0 Å². The summed E-state index contributed by atoms with van der Waals surface area (Å²) in [6.45, 7) is 6.06. The SMILES string of the molecule is CN1CCc2ccc(C(=O)N3CCC4(CC3)CCN(c3ccncc3)CC4)cc2C1. The van der Waals surface area contributed by atoms with Crippen LogP contribution in [0, 0.1) is 5.41 Å². The van der Waals surface area contributed by atoms with E-state index in [-0.39, 0.29) is 5.91 Å². The molecule has 30 heavy (non-hydrogen) atoms. The summed E-state index contributed by atoms with van der Waals surface area (Å²) in [4.78, 5) is 24.2. The number of carbonyl (C=O) groups is 1. The summed E-state index contributed by atoms with van der Waals surface area (Å²) < 4.78 is 0. The van der Waals surface area contributed by atoms with Gasteiger partial charge in [0.15, 0.2) is 0 Å². The first-order valence-corrected chi connectivity index (χ1v) is 11.4. The maximum Gasteiger partial charge on any atom is 0.253 e. The van der Waals surface area contributed by atoms with E-state index in [1.54, 1.807) is 0 Å². The Kier molecular flexibility index (Phi) is 5.23. The molecular formula is C25H32N4O. The first-order chi connectivity index (χ1) is 14.6. The Labute approximate surface area is 179 Å². The molecule has 0 saturated carbocycles. The molecule has 2 saturated heterocycles. The molecule has 0 unspecified atom stereocenters. The summed E-state index contributed by atoms with van der Waals surface area (Å²) in [5.41, 5.74) is 5.30. The zero-order chi connectivity index (χ0) is 20.6. The maximum atomic E-state index is 13.2. The van der Waals surface area contributed by atoms with Gasteiger partial charge >= 0.3 is 0 Å². The van der Waals surface area contributed by atoms with Crippen LogP contribution in [0.3, 0.4) is 0 Å². The van der Waals surface area contributed by atoms with Crippen LogP contribution in [0.5, 0.6) is 0 Å². The number of likely N-dealkylation sites (N-methyl/N-ethyl adjacent to an activating group) is 1. The van der Waals surface area contributed by atoms with Crippen molar-refractivity contribution in [2.45, 2.75) is 38.6 Å². The summed E-state index contributed by atoms with van der Waals surface area (Å²) in [5.74, 6) is 0.218. The van der Waals surface area contributed by atoms with Crippen molar-refractivity contribution in [3.63, 3.8) is 0 Å². The molecule has 3 aliphatic rings. The monoisotopic (exact) mass is 404 g/mol. The number of rotatable bonds is 2. The number of amides is 1. The molecule has 2 fully saturated rings. The van der Waals surface area contributed by atoms with Gasteiger partial charge in [-0.05, 0) is 80.0 Å². The van der Waals surface area contributed by atoms with Gasteiger partial charge in [-0.2, -0.15) is 0 Å². The Balaban J connectivity index is 1.19. The Hall–Kier alpha value is -2.40. The van der Waals surface area contributed by atoms with Gasteiger partial charge in [-0.3, -0.25) is 9.78 Å². The molecule has 2 aromatic rings. The zero-order valence-corrected chi connectivity index (χ0v) is 18.0. The molecule has 5 heteroatoms. The summed E-state index contributed by atoms with van der Waals surface area (Å²) in [7, 11) is 2.15. The van der Waals surface area contributed by atoms with Crippen molar-refractivity contribution in [3.05, 3.63) is 59.4 Å². The zero-order valence-electron chi connectivity index (χ0n) is 18.0. The quantitative estimate of drug-likeness (QED) is 0.767. The molecule has 0 aliphatic carbocycles. The van der Waals surface area contributed by atoms with E-state index < -0.39 is 0 Å². The van der Waals surface area contributed by atoms with Gasteiger partial charge in [0.2, 0.25) is 0 Å². The number of carbonyl (C=O) groups excluding carboxylic acids is 1. The lowest BCUT2D eigenvalue weighted by atomic mass is 9.71. The van der Waals surface area contributed by atoms with Crippen LogP contribution in [0.15, 0.2) is 42.7 Å². The van der Waals surface area contributed by atoms with E-state index >= 15 is 0 Å². The van der Waals surface area contributed by atoms with Gasteiger partial charge in [0.1, 0.15) is 0 Å². The van der Waals surface area contributed by atoms with Crippen LogP contribution in [0.25, 0.3) is 0 Å². The number of pyridine rings is 1. The van der Waals surface area contributed by atoms with Crippen LogP contribution in [-0.4, -0.2) is 60.5 Å². The lowest BCUT2D eigenvalue weighted by Gasteiger charge is -2.47. The summed E-state index contributed by atoms with van der Waals surface area (Å²) in [5, 5.41) is 0. The predicted octanol–water partition coefficient (Wildman–Crippen LogP) is 3.59. The predicted molar refractivity (Wildman–Crippen MR) is 120 cm³/mol. The molecule has 1 spiro atoms. The molecule has 1 amide bonds. The van der Waals surface area contributed by atoms with E-state index in [4.69, 9.17) is 0 Å². The summed E-state index contributed by atoms with van der Waals surface area (Å²) in [6, 6.07) is 10.6. The number of nitrogens with zero attached hydrogens (tertiary/aromatic N) is 4. The normalized spacial score (nSPS) is 21.5. The van der Waals surface area contributed by atoms with Crippen LogP contribution in [0.4, 0.5) is 5.69 Å². The van der Waals surface area contributed by atoms with Crippen LogP contribution in [0.1, 0.15) is 47.2 Å². The average Bonchev–Trinajstić information content (AvgIpc) is 2.80. The molecule has 158 valence electrons. The number of fused-ring (bicyclic) bond motifs is 1. The standard InChI is InChI=1S/C25H32N4O/c1-27-13-6-20-2-3-21(18-22(20)19-27)24(30)29-16-9-25(10-17-29)7-14-28(15-8-25)23-4-11-26-12-5-23/h2-5,11-12,18H,6-10,13-17,19H2,1H3. The molecule has 0 bridgehead atoms. The van der Waals surface area contributed by atoms with E-state index in [0.29, 0.717) is 5.41 Å². The third kappa shape index (κ3) is 3.83. The van der Waals surface area contributed by atoms with Gasteiger partial charge in [-0.15, -0.1) is 0 Å². The molecule has 4 heterocycles. The first kappa shape index (κ1) is 19.6. The minimum absolute atomic E-state index is 0.218. The largest absolute Gasteiger partial charge is 0.371 e. The fourth-order valence-electron chi connectivity index (χ4n) is 5.49. The van der Waals surface area contributed by atoms with Gasteiger partial charge < -0.3 is 14.7 Å². The summed E-state index contributed by atoms with van der Waals surface area (Å²) in [6.07, 6.45) is 9.56. The Bertz CT molecular complexity index is 895. The highest BCUT2D eigenvalue weighted by Gasteiger charge is 2.38. The first-order valence-electron chi connectivity index (χ1n) is 11.4. The molecular weight excluding hydrogens is 372 g/mol. The number of piperidine rings is 2. The highest BCUT2D eigenvalue weighted by Crippen LogP contribution is 2.42. The highest BCUT2D eigenvalue weighted by molar-refractivity contribution is 5.94. The second kappa shape index (κ2) is 8.03. The van der Waals surface area contributed by atoms with Crippen LogP contribution in [-0.2, 0) is 13.0 Å². The third-order valence-corrected chi connectivity index (χ3v) is 7.62. The Morgan fingerprint density at radius 3 is 2.33 bits per heavy atom. The van der Waals surface area contributed by atoms with E-state index in [1.807, 2.05) is 18.5 Å². The van der Waals surface area contributed by atoms with Crippen molar-refractivity contribution in [1.82, 2.24) is 14.8 Å². The van der Waals surface area contributed by atoms with Crippen molar-refractivity contribution in [2.24, 2.45) is 5.41 Å². The summed E-state index contributed by atoms with van der Waals surface area (Å²) >= 11 is 0. The van der Waals surface area contributed by atoms with E-state index in [1.165, 1.54) is 29.7 Å². The fourth-order valence-corrected chi connectivity index (χ4v) is 5.49. The minimum Gasteiger partial charge on any atom is -0.371 e. The number of likely N-dealkylation sites (tertiary alicyclic amines) is 1. The maximum absolute atomic E-state index is 13.2. The number of benzene rings is 1. The van der Waals surface area contributed by atoms with Gasteiger partial charge in [-0.1, -0.05) is 6.07 Å². The Morgan fingerprint density at radius 1 is 0.900 bits per heavy atom. The molecule has 1 aromatic carbocycles. The molecule has 0 atom stereocenters. The fraction of sp³-hybridized carbons (Fsp3) is 0.520. The molecule has 5 rings (SSSR count). The number of anilines is 1. The molecule has 0 N–H and O–H groups in total. The molecule has 3 aliphatic heterocycles. The van der Waals surface area contributed by atoms with Crippen molar-refractivity contribution in [1.29, 1.82) is 0 Å². The second-order valence-electron chi connectivity index (χ2n) is 9.46. The smallest absolute Gasteiger partial charge is 0.253 e. The van der Waals surface area contributed by atoms with Crippen molar-refractivity contribution in [3.8, 4) is 0 Å². The topological polar surface area (TPSA) is 39.7 Å². The van der Waals surface area contributed by atoms with E-state index in [9.17, 15) is 4.79 Å². The van der Waals surface area contributed by atoms with Crippen LogP contribution >= 0.6 is 0 Å². The molecule has 1 aromatic heterocycles. The highest BCUT2D eigenvalue weighted by atomic mass is 16.2. The molecule has 5 nitrogen and oxygen atoms in total. The minimum atomic E-state index is 0.218. The van der Waals surface area contributed by atoms with Crippen LogP contribution < -0.4 is 4.90 Å². The average molecular weight is 405 g/mol. The lowest BCUT2D eigenvalue weighted by molar-refractivity contribution is 0.0515. The van der Waals surface area contributed by atoms with Crippen molar-refractivity contribution in [2.75, 3.05) is 44.7 Å². The van der Waals surface area contributed by atoms with Gasteiger partial charge in [-0.25, -0.2) is 0 Å². The van der Waals surface area contributed by atoms with E-state index in [0.717, 1.165) is 64.1 Å². The number of hydrogen-bond acceptors (Lipinski definition) is 4. The van der Waals surface area contributed by atoms with Gasteiger partial charge in [0, 0.05) is 62.9 Å². The van der Waals surface area contributed by atoms with Crippen molar-refractivity contribution < 1.29 is 4.79 Å². The third-order valence-electron chi connectivity index (χ3n) is 7.62. The Morgan fingerprint density at radius 2 is 1.60 bits per heavy atom. The van der Waals surface area contributed by atoms with E-state index in [2.05, 4.69) is 51.0 Å². The second-order valence-corrected chi connectivity index (χ2v) is 9.46. The van der Waals surface area contributed by atoms with Crippen LogP contribution in [0.2, 0.25) is 0 Å². The van der Waals surface area contributed by atoms with Gasteiger partial charge in [0.25, 0.3) is 5.91 Å². The number of aromatic nitrogens is 1. The lowest BCUT2D eigenvalue weighted by Crippen LogP contribution is -2.48. The van der Waals surface area contributed by atoms with Crippen molar-refractivity contribution >= 4 is 11.6 Å². The number of hydrogen-bond donors (Lipinski definition) is 0.